The Morgan fingerprint density at radius 1 is 1.37 bits per heavy atom. The van der Waals surface area contributed by atoms with E-state index in [1.54, 1.807) is 31.1 Å². The second kappa shape index (κ2) is 8.47. The molecule has 3 rings (SSSR count). The zero-order valence-corrected chi connectivity index (χ0v) is 16.2. The summed E-state index contributed by atoms with van der Waals surface area (Å²) in [6.07, 6.45) is 6.45. The summed E-state index contributed by atoms with van der Waals surface area (Å²) >= 11 is 0. The van der Waals surface area contributed by atoms with Crippen LogP contribution in [0.4, 0.5) is 0 Å². The highest BCUT2D eigenvalue weighted by Gasteiger charge is 2.22. The SMILES string of the molecule is COCCCn1cnnc1[C@H](C)NC(=O)c1cc2c(n(C)c1=O)CCCC2. The van der Waals surface area contributed by atoms with E-state index < -0.39 is 0 Å². The maximum Gasteiger partial charge on any atom is 0.263 e. The Balaban J connectivity index is 1.77. The molecule has 1 N–H and O–H groups in total. The summed E-state index contributed by atoms with van der Waals surface area (Å²) in [6, 6.07) is 1.41. The van der Waals surface area contributed by atoms with Crippen LogP contribution in [0.1, 0.15) is 59.7 Å². The number of hydrogen-bond donors (Lipinski definition) is 1. The van der Waals surface area contributed by atoms with Crippen molar-refractivity contribution in [2.24, 2.45) is 7.05 Å². The maximum absolute atomic E-state index is 12.8. The van der Waals surface area contributed by atoms with Crippen LogP contribution in [0, 0.1) is 0 Å². The number of fused-ring (bicyclic) bond motifs is 1. The third kappa shape index (κ3) is 4.10. The van der Waals surface area contributed by atoms with Gasteiger partial charge in [0.1, 0.15) is 11.9 Å². The molecule has 0 aromatic carbocycles. The molecule has 146 valence electrons. The predicted octanol–water partition coefficient (Wildman–Crippen LogP) is 1.38. The summed E-state index contributed by atoms with van der Waals surface area (Å²) in [4.78, 5) is 25.4. The van der Waals surface area contributed by atoms with E-state index in [1.807, 2.05) is 11.5 Å². The van der Waals surface area contributed by atoms with E-state index in [9.17, 15) is 9.59 Å². The molecule has 0 saturated heterocycles. The van der Waals surface area contributed by atoms with Crippen molar-refractivity contribution in [1.29, 1.82) is 0 Å². The van der Waals surface area contributed by atoms with Crippen molar-refractivity contribution in [2.75, 3.05) is 13.7 Å². The number of rotatable bonds is 7. The number of carbonyl (C=O) groups is 1. The zero-order valence-electron chi connectivity index (χ0n) is 16.2. The third-order valence-corrected chi connectivity index (χ3v) is 5.11. The molecule has 0 fully saturated rings. The highest BCUT2D eigenvalue weighted by molar-refractivity contribution is 5.94. The molecule has 27 heavy (non-hydrogen) atoms. The molecule has 0 unspecified atom stereocenters. The zero-order chi connectivity index (χ0) is 19.4. The second-order valence-electron chi connectivity index (χ2n) is 7.03. The average Bonchev–Trinajstić information content (AvgIpc) is 3.13. The summed E-state index contributed by atoms with van der Waals surface area (Å²) in [5, 5.41) is 11.0. The molecular formula is C19H27N5O3. The Kier molecular flexibility index (Phi) is 6.05. The summed E-state index contributed by atoms with van der Waals surface area (Å²) < 4.78 is 8.60. The molecule has 1 aliphatic rings. The van der Waals surface area contributed by atoms with Crippen molar-refractivity contribution in [3.8, 4) is 0 Å². The number of methoxy groups -OCH3 is 1. The number of aryl methyl sites for hydroxylation is 2. The van der Waals surface area contributed by atoms with Crippen LogP contribution in [0.25, 0.3) is 0 Å². The topological polar surface area (TPSA) is 91.0 Å². The van der Waals surface area contributed by atoms with Gasteiger partial charge in [0, 0.05) is 33.0 Å². The molecule has 0 spiro atoms. The van der Waals surface area contributed by atoms with E-state index in [4.69, 9.17) is 4.74 Å². The molecule has 0 radical (unpaired) electrons. The maximum atomic E-state index is 12.8. The van der Waals surface area contributed by atoms with E-state index in [-0.39, 0.29) is 23.1 Å². The summed E-state index contributed by atoms with van der Waals surface area (Å²) in [5.41, 5.74) is 2.09. The fourth-order valence-corrected chi connectivity index (χ4v) is 3.64. The third-order valence-electron chi connectivity index (χ3n) is 5.11. The van der Waals surface area contributed by atoms with Crippen LogP contribution >= 0.6 is 0 Å². The highest BCUT2D eigenvalue weighted by Crippen LogP contribution is 2.20. The summed E-state index contributed by atoms with van der Waals surface area (Å²) in [6.45, 7) is 3.19. The van der Waals surface area contributed by atoms with Gasteiger partial charge in [0.25, 0.3) is 11.5 Å². The van der Waals surface area contributed by atoms with Gasteiger partial charge >= 0.3 is 0 Å². The Bertz CT molecular complexity index is 871. The highest BCUT2D eigenvalue weighted by atomic mass is 16.5. The summed E-state index contributed by atoms with van der Waals surface area (Å²) in [7, 11) is 3.41. The van der Waals surface area contributed by atoms with Crippen LogP contribution in [0.5, 0.6) is 0 Å². The lowest BCUT2D eigenvalue weighted by atomic mass is 9.94. The van der Waals surface area contributed by atoms with Crippen LogP contribution in [0.3, 0.4) is 0 Å². The molecule has 0 saturated carbocycles. The monoisotopic (exact) mass is 373 g/mol. The van der Waals surface area contributed by atoms with Gasteiger partial charge in [-0.25, -0.2) is 0 Å². The van der Waals surface area contributed by atoms with Crippen LogP contribution < -0.4 is 10.9 Å². The number of amides is 1. The van der Waals surface area contributed by atoms with Crippen molar-refractivity contribution >= 4 is 5.91 Å². The van der Waals surface area contributed by atoms with Crippen LogP contribution in [0.15, 0.2) is 17.2 Å². The Labute approximate surface area is 158 Å². The van der Waals surface area contributed by atoms with Crippen molar-refractivity contribution < 1.29 is 9.53 Å². The number of nitrogens with zero attached hydrogens (tertiary/aromatic N) is 4. The fourth-order valence-electron chi connectivity index (χ4n) is 3.64. The molecule has 2 aromatic rings. The van der Waals surface area contributed by atoms with Crippen molar-refractivity contribution in [3.63, 3.8) is 0 Å². The van der Waals surface area contributed by atoms with Crippen LogP contribution in [0.2, 0.25) is 0 Å². The van der Waals surface area contributed by atoms with Gasteiger partial charge in [0.05, 0.1) is 6.04 Å². The van der Waals surface area contributed by atoms with Gasteiger partial charge in [-0.3, -0.25) is 9.59 Å². The standard InChI is InChI=1S/C19H27N5O3/c1-13(17-22-20-12-24(17)9-6-10-27-3)21-18(25)15-11-14-7-4-5-8-16(14)23(2)19(15)26/h11-13H,4-10H2,1-3H3,(H,21,25)/t13-/m0/s1. The fraction of sp³-hybridized carbons (Fsp3) is 0.579. The largest absolute Gasteiger partial charge is 0.385 e. The molecule has 8 nitrogen and oxygen atoms in total. The smallest absolute Gasteiger partial charge is 0.263 e. The Morgan fingerprint density at radius 3 is 2.93 bits per heavy atom. The number of ether oxygens (including phenoxy) is 1. The first-order chi connectivity index (χ1) is 13.0. The van der Waals surface area contributed by atoms with Crippen LogP contribution in [-0.4, -0.2) is 39.0 Å². The van der Waals surface area contributed by atoms with Gasteiger partial charge in [0.15, 0.2) is 5.82 Å². The molecule has 8 heteroatoms. The Hall–Kier alpha value is -2.48. The van der Waals surface area contributed by atoms with Gasteiger partial charge in [-0.15, -0.1) is 10.2 Å². The van der Waals surface area contributed by atoms with Gasteiger partial charge in [0.2, 0.25) is 0 Å². The minimum absolute atomic E-state index is 0.190. The lowest BCUT2D eigenvalue weighted by molar-refractivity contribution is 0.0935. The number of pyridine rings is 1. The number of carbonyl (C=O) groups excluding carboxylic acids is 1. The van der Waals surface area contributed by atoms with Gasteiger partial charge in [-0.1, -0.05) is 0 Å². The predicted molar refractivity (Wildman–Crippen MR) is 101 cm³/mol. The quantitative estimate of drug-likeness (QED) is 0.741. The first-order valence-electron chi connectivity index (χ1n) is 9.42. The van der Waals surface area contributed by atoms with Gasteiger partial charge in [-0.05, 0) is 50.7 Å². The minimum atomic E-state index is -0.372. The molecule has 2 heterocycles. The average molecular weight is 373 g/mol. The number of aromatic nitrogens is 4. The van der Waals surface area contributed by atoms with Crippen LogP contribution in [-0.2, 0) is 31.2 Å². The molecule has 1 amide bonds. The molecule has 2 aromatic heterocycles. The van der Waals surface area contributed by atoms with E-state index in [0.717, 1.165) is 43.4 Å². The second-order valence-corrected chi connectivity index (χ2v) is 7.03. The van der Waals surface area contributed by atoms with Gasteiger partial charge in [-0.2, -0.15) is 0 Å². The molecule has 0 bridgehead atoms. The Morgan fingerprint density at radius 2 is 2.15 bits per heavy atom. The molecule has 1 aliphatic carbocycles. The lowest BCUT2D eigenvalue weighted by Gasteiger charge is -2.20. The molecular weight excluding hydrogens is 346 g/mol. The normalized spacial score (nSPS) is 14.6. The van der Waals surface area contributed by atoms with Crippen molar-refractivity contribution in [2.45, 2.75) is 51.6 Å². The van der Waals surface area contributed by atoms with Gasteiger partial charge < -0.3 is 19.2 Å². The van der Waals surface area contributed by atoms with E-state index in [0.29, 0.717) is 19.0 Å². The van der Waals surface area contributed by atoms with E-state index >= 15 is 0 Å². The first-order valence-corrected chi connectivity index (χ1v) is 9.42. The molecule has 1 atom stereocenters. The number of nitrogens with one attached hydrogen (secondary N) is 1. The first kappa shape index (κ1) is 19.3. The van der Waals surface area contributed by atoms with E-state index in [1.165, 1.54) is 0 Å². The minimum Gasteiger partial charge on any atom is -0.385 e. The van der Waals surface area contributed by atoms with Crippen molar-refractivity contribution in [1.82, 2.24) is 24.6 Å². The number of hydrogen-bond acceptors (Lipinski definition) is 5. The van der Waals surface area contributed by atoms with E-state index in [2.05, 4.69) is 15.5 Å². The molecule has 0 aliphatic heterocycles. The van der Waals surface area contributed by atoms with Crippen molar-refractivity contribution in [3.05, 3.63) is 45.4 Å². The summed E-state index contributed by atoms with van der Waals surface area (Å²) in [5.74, 6) is 0.289. The lowest BCUT2D eigenvalue weighted by Crippen LogP contribution is -2.36.